The predicted molar refractivity (Wildman–Crippen MR) is 37.3 cm³/mol. The van der Waals surface area contributed by atoms with E-state index >= 15 is 0 Å². The van der Waals surface area contributed by atoms with Crippen molar-refractivity contribution in [3.8, 4) is 0 Å². The molecule has 0 aromatic rings. The first kappa shape index (κ1) is 5.11. The van der Waals surface area contributed by atoms with Crippen molar-refractivity contribution in [3.05, 3.63) is 12.2 Å². The molecule has 52 valence electrons. The Labute approximate surface area is 60.1 Å². The molecular weight excluding hydrogens is 124 g/mol. The minimum absolute atomic E-state index is 0.343. The molecule has 10 heavy (non-hydrogen) atoms. The average Bonchev–Trinajstić information content (AvgIpc) is 2.66. The van der Waals surface area contributed by atoms with E-state index in [1.807, 2.05) is 0 Å². The van der Waals surface area contributed by atoms with Crippen LogP contribution >= 0.6 is 0 Å². The third-order valence-electron chi connectivity index (χ3n) is 3.28. The molecule has 4 rings (SSSR count). The molecule has 0 spiro atoms. The van der Waals surface area contributed by atoms with Crippen LogP contribution in [0.25, 0.3) is 0 Å². The second kappa shape index (κ2) is 1.36. The van der Waals surface area contributed by atoms with Crippen molar-refractivity contribution in [1.29, 1.82) is 0 Å². The number of hydrogen-bond donors (Lipinski definition) is 0. The molecule has 0 aromatic carbocycles. The smallest absolute Gasteiger partial charge is 0.140 e. The van der Waals surface area contributed by atoms with Gasteiger partial charge in [-0.25, -0.2) is 0 Å². The maximum Gasteiger partial charge on any atom is 0.140 e. The van der Waals surface area contributed by atoms with Crippen LogP contribution in [0.5, 0.6) is 0 Å². The summed E-state index contributed by atoms with van der Waals surface area (Å²) in [5.41, 5.74) is 0. The van der Waals surface area contributed by atoms with Gasteiger partial charge in [0.25, 0.3) is 0 Å². The van der Waals surface area contributed by atoms with Crippen molar-refractivity contribution in [2.75, 3.05) is 0 Å². The van der Waals surface area contributed by atoms with Crippen LogP contribution in [0.15, 0.2) is 12.2 Å². The van der Waals surface area contributed by atoms with Gasteiger partial charge in [0.05, 0.1) is 0 Å². The molecule has 4 aliphatic rings. The van der Waals surface area contributed by atoms with Gasteiger partial charge in [-0.15, -0.1) is 0 Å². The van der Waals surface area contributed by atoms with Crippen LogP contribution in [0.2, 0.25) is 0 Å². The van der Waals surface area contributed by atoms with Crippen molar-refractivity contribution in [2.45, 2.75) is 12.8 Å². The number of Topliss-reactive ketones (excluding diaryl/α,β-unsaturated/α-hetero) is 1. The molecule has 1 heteroatoms. The second-order valence-electron chi connectivity index (χ2n) is 3.81. The van der Waals surface area contributed by atoms with Crippen LogP contribution in [0.4, 0.5) is 0 Å². The van der Waals surface area contributed by atoms with Crippen molar-refractivity contribution >= 4 is 5.78 Å². The zero-order valence-electron chi connectivity index (χ0n) is 5.79. The molecule has 0 aliphatic heterocycles. The Bertz CT molecular complexity index is 229. The molecular formula is C9H10O. The van der Waals surface area contributed by atoms with E-state index < -0.39 is 0 Å². The topological polar surface area (TPSA) is 17.1 Å². The lowest BCUT2D eigenvalue weighted by molar-refractivity contribution is -0.124. The SMILES string of the molecule is O=C1C[C@H]2C=C[C@@H]1[C@@H]1C[C@@H]12. The normalized spacial score (nSPS) is 55.0. The molecule has 2 fully saturated rings. The number of allylic oxidation sites excluding steroid dienone is 2. The summed E-state index contributed by atoms with van der Waals surface area (Å²) in [6, 6.07) is 0. The van der Waals surface area contributed by atoms with Crippen molar-refractivity contribution in [2.24, 2.45) is 23.7 Å². The molecule has 0 heterocycles. The van der Waals surface area contributed by atoms with E-state index in [-0.39, 0.29) is 0 Å². The van der Waals surface area contributed by atoms with Gasteiger partial charge in [0.1, 0.15) is 5.78 Å². The minimum atomic E-state index is 0.343. The van der Waals surface area contributed by atoms with Crippen LogP contribution in [0.3, 0.4) is 0 Å². The van der Waals surface area contributed by atoms with E-state index in [1.165, 1.54) is 6.42 Å². The summed E-state index contributed by atoms with van der Waals surface area (Å²) in [4.78, 5) is 11.2. The highest BCUT2D eigenvalue weighted by Gasteiger charge is 2.54. The van der Waals surface area contributed by atoms with Crippen molar-refractivity contribution in [1.82, 2.24) is 0 Å². The van der Waals surface area contributed by atoms with E-state index in [9.17, 15) is 4.79 Å². The molecule has 2 bridgehead atoms. The lowest BCUT2D eigenvalue weighted by Gasteiger charge is -2.27. The van der Waals surface area contributed by atoms with Gasteiger partial charge in [-0.1, -0.05) is 12.2 Å². The Morgan fingerprint density at radius 2 is 2.20 bits per heavy atom. The second-order valence-corrected chi connectivity index (χ2v) is 3.81. The first-order valence-electron chi connectivity index (χ1n) is 4.07. The average molecular weight is 134 g/mol. The van der Waals surface area contributed by atoms with E-state index in [1.54, 1.807) is 0 Å². The summed E-state index contributed by atoms with van der Waals surface area (Å²) in [6.45, 7) is 0. The quantitative estimate of drug-likeness (QED) is 0.458. The number of carbonyl (C=O) groups excluding carboxylic acids is 1. The first-order chi connectivity index (χ1) is 4.86. The summed E-state index contributed by atoms with van der Waals surface area (Å²) < 4.78 is 0. The van der Waals surface area contributed by atoms with Crippen molar-refractivity contribution in [3.63, 3.8) is 0 Å². The maximum atomic E-state index is 11.2. The summed E-state index contributed by atoms with van der Waals surface area (Å²) in [5.74, 6) is 3.17. The lowest BCUT2D eigenvalue weighted by Crippen LogP contribution is -2.29. The third kappa shape index (κ3) is 0.437. The van der Waals surface area contributed by atoms with E-state index in [0.29, 0.717) is 17.6 Å². The Balaban J connectivity index is 2.09. The summed E-state index contributed by atoms with van der Waals surface area (Å²) >= 11 is 0. The van der Waals surface area contributed by atoms with Crippen molar-refractivity contribution < 1.29 is 4.79 Å². The number of carbonyl (C=O) groups is 1. The zero-order valence-corrected chi connectivity index (χ0v) is 5.79. The molecule has 0 amide bonds. The highest BCUT2D eigenvalue weighted by Crippen LogP contribution is 2.58. The summed E-state index contributed by atoms with van der Waals surface area (Å²) in [6.07, 6.45) is 6.58. The van der Waals surface area contributed by atoms with Crippen LogP contribution in [0, 0.1) is 23.7 Å². The van der Waals surface area contributed by atoms with Crippen LogP contribution in [0.1, 0.15) is 12.8 Å². The third-order valence-corrected chi connectivity index (χ3v) is 3.28. The Morgan fingerprint density at radius 1 is 1.30 bits per heavy atom. The maximum absolute atomic E-state index is 11.2. The molecule has 1 nitrogen and oxygen atoms in total. The fourth-order valence-electron chi connectivity index (χ4n) is 2.62. The predicted octanol–water partition coefficient (Wildman–Crippen LogP) is 1.40. The molecule has 0 radical (unpaired) electrons. The number of hydrogen-bond acceptors (Lipinski definition) is 1. The Morgan fingerprint density at radius 3 is 2.80 bits per heavy atom. The van der Waals surface area contributed by atoms with Gasteiger partial charge in [0.15, 0.2) is 0 Å². The van der Waals surface area contributed by atoms with Gasteiger partial charge in [-0.05, 0) is 24.2 Å². The molecule has 2 saturated carbocycles. The van der Waals surface area contributed by atoms with Gasteiger partial charge in [-0.2, -0.15) is 0 Å². The number of ketones is 1. The number of fused-ring (bicyclic) bond motifs is 1. The highest BCUT2D eigenvalue weighted by molar-refractivity contribution is 5.86. The van der Waals surface area contributed by atoms with E-state index in [0.717, 1.165) is 18.3 Å². The fourth-order valence-corrected chi connectivity index (χ4v) is 2.62. The molecule has 0 saturated heterocycles. The Kier molecular flexibility index (Phi) is 0.697. The van der Waals surface area contributed by atoms with Crippen LogP contribution in [-0.4, -0.2) is 5.78 Å². The number of rotatable bonds is 0. The van der Waals surface area contributed by atoms with Gasteiger partial charge in [0, 0.05) is 12.3 Å². The lowest BCUT2D eigenvalue weighted by atomic mass is 9.75. The monoisotopic (exact) mass is 134 g/mol. The van der Waals surface area contributed by atoms with Crippen LogP contribution < -0.4 is 0 Å². The molecule has 0 N–H and O–H groups in total. The van der Waals surface area contributed by atoms with E-state index in [2.05, 4.69) is 12.2 Å². The minimum Gasteiger partial charge on any atom is -0.299 e. The Hall–Kier alpha value is -0.590. The zero-order chi connectivity index (χ0) is 6.72. The largest absolute Gasteiger partial charge is 0.299 e. The van der Waals surface area contributed by atoms with E-state index in [4.69, 9.17) is 0 Å². The molecule has 0 unspecified atom stereocenters. The highest BCUT2D eigenvalue weighted by atomic mass is 16.1. The molecule has 0 aromatic heterocycles. The fraction of sp³-hybridized carbons (Fsp3) is 0.667. The standard InChI is InChI=1S/C9H10O/c10-9-3-5-1-2-6(9)8-4-7(5)8/h1-2,5-8H,3-4H2/t5-,6-,7-,8+/m1/s1. The van der Waals surface area contributed by atoms with Gasteiger partial charge in [0.2, 0.25) is 0 Å². The summed E-state index contributed by atoms with van der Waals surface area (Å²) in [5, 5.41) is 0. The molecule has 4 atom stereocenters. The summed E-state index contributed by atoms with van der Waals surface area (Å²) in [7, 11) is 0. The van der Waals surface area contributed by atoms with Gasteiger partial charge >= 0.3 is 0 Å². The van der Waals surface area contributed by atoms with Gasteiger partial charge in [-0.3, -0.25) is 4.79 Å². The first-order valence-corrected chi connectivity index (χ1v) is 4.07. The molecule has 4 aliphatic carbocycles. The van der Waals surface area contributed by atoms with Gasteiger partial charge < -0.3 is 0 Å². The van der Waals surface area contributed by atoms with Crippen LogP contribution in [-0.2, 0) is 4.79 Å².